The number of piperidine rings is 1. The Kier molecular flexibility index (Phi) is 5.55. The van der Waals surface area contributed by atoms with Gasteiger partial charge in [-0.25, -0.2) is 0 Å². The number of hydrogen-bond acceptors (Lipinski definition) is 3. The molecule has 22 heavy (non-hydrogen) atoms. The lowest BCUT2D eigenvalue weighted by Crippen LogP contribution is -2.49. The van der Waals surface area contributed by atoms with Crippen LogP contribution in [0.25, 0.3) is 0 Å². The van der Waals surface area contributed by atoms with Gasteiger partial charge < -0.3 is 0 Å². The molecule has 2 amide bonds. The first-order valence-corrected chi connectivity index (χ1v) is 7.82. The van der Waals surface area contributed by atoms with Gasteiger partial charge in [-0.1, -0.05) is 31.5 Å². The maximum Gasteiger partial charge on any atom is 0.269 e. The molecule has 0 spiro atoms. The second-order valence-electron chi connectivity index (χ2n) is 6.51. The third-order valence-corrected chi connectivity index (χ3v) is 3.94. The first kappa shape index (κ1) is 16.5. The van der Waals surface area contributed by atoms with E-state index in [-0.39, 0.29) is 11.8 Å². The summed E-state index contributed by atoms with van der Waals surface area (Å²) in [5.41, 5.74) is 6.58. The highest BCUT2D eigenvalue weighted by Gasteiger charge is 2.23. The highest BCUT2D eigenvalue weighted by molar-refractivity contribution is 5.95. The van der Waals surface area contributed by atoms with E-state index in [1.54, 1.807) is 12.1 Å². The van der Waals surface area contributed by atoms with Crippen molar-refractivity contribution >= 4 is 11.8 Å². The fourth-order valence-corrected chi connectivity index (χ4v) is 3.07. The molecule has 1 aliphatic rings. The Hall–Kier alpha value is -1.88. The smallest absolute Gasteiger partial charge is 0.269 e. The van der Waals surface area contributed by atoms with Gasteiger partial charge in [0.1, 0.15) is 0 Å². The van der Waals surface area contributed by atoms with Gasteiger partial charge in [-0.15, -0.1) is 0 Å². The average molecular weight is 303 g/mol. The minimum atomic E-state index is -0.297. The van der Waals surface area contributed by atoms with Gasteiger partial charge in [0.25, 0.3) is 11.8 Å². The molecular weight excluding hydrogens is 278 g/mol. The Morgan fingerprint density at radius 3 is 2.27 bits per heavy atom. The number of amides is 2. The van der Waals surface area contributed by atoms with Crippen LogP contribution < -0.4 is 10.9 Å². The summed E-state index contributed by atoms with van der Waals surface area (Å²) in [4.78, 5) is 26.0. The molecule has 1 aliphatic heterocycles. The van der Waals surface area contributed by atoms with Crippen molar-refractivity contribution < 1.29 is 9.59 Å². The van der Waals surface area contributed by atoms with E-state index >= 15 is 0 Å². The number of nitrogens with one attached hydrogen (secondary N) is 2. The zero-order valence-electron chi connectivity index (χ0n) is 13.6. The minimum Gasteiger partial charge on any atom is -0.294 e. The second-order valence-corrected chi connectivity index (χ2v) is 6.51. The van der Waals surface area contributed by atoms with Crippen LogP contribution in [-0.4, -0.2) is 36.3 Å². The lowest BCUT2D eigenvalue weighted by Gasteiger charge is -2.34. The van der Waals surface area contributed by atoms with E-state index in [0.29, 0.717) is 23.9 Å². The maximum atomic E-state index is 11.9. The van der Waals surface area contributed by atoms with E-state index in [9.17, 15) is 9.59 Å². The molecule has 5 heteroatoms. The predicted octanol–water partition coefficient (Wildman–Crippen LogP) is 1.73. The molecule has 2 rings (SSSR count). The minimum absolute atomic E-state index is 0.179. The van der Waals surface area contributed by atoms with E-state index in [4.69, 9.17) is 0 Å². The van der Waals surface area contributed by atoms with Gasteiger partial charge in [0, 0.05) is 18.7 Å². The number of hydrogen-bond donors (Lipinski definition) is 2. The largest absolute Gasteiger partial charge is 0.294 e. The molecule has 0 radical (unpaired) electrons. The number of hydrazine groups is 1. The van der Waals surface area contributed by atoms with Crippen molar-refractivity contribution in [2.45, 2.75) is 27.2 Å². The van der Waals surface area contributed by atoms with Crippen molar-refractivity contribution in [3.63, 3.8) is 0 Å². The van der Waals surface area contributed by atoms with Crippen LogP contribution in [-0.2, 0) is 4.79 Å². The van der Waals surface area contributed by atoms with Crippen LogP contribution in [0.3, 0.4) is 0 Å². The summed E-state index contributed by atoms with van der Waals surface area (Å²) in [6.45, 7) is 8.57. The van der Waals surface area contributed by atoms with Crippen LogP contribution in [0.1, 0.15) is 36.2 Å². The first-order valence-electron chi connectivity index (χ1n) is 7.82. The molecule has 120 valence electrons. The molecule has 1 aromatic carbocycles. The highest BCUT2D eigenvalue weighted by atomic mass is 16.2. The summed E-state index contributed by atoms with van der Waals surface area (Å²) >= 11 is 0. The highest BCUT2D eigenvalue weighted by Crippen LogP contribution is 2.20. The van der Waals surface area contributed by atoms with Crippen LogP contribution in [0.2, 0.25) is 0 Å². The van der Waals surface area contributed by atoms with E-state index in [2.05, 4.69) is 29.6 Å². The molecule has 1 aromatic rings. The molecule has 0 unspecified atom stereocenters. The van der Waals surface area contributed by atoms with Crippen molar-refractivity contribution in [2.24, 2.45) is 11.8 Å². The van der Waals surface area contributed by atoms with Crippen LogP contribution in [0.15, 0.2) is 24.3 Å². The zero-order chi connectivity index (χ0) is 16.1. The summed E-state index contributed by atoms with van der Waals surface area (Å²) in [7, 11) is 0. The third kappa shape index (κ3) is 4.84. The Balaban J connectivity index is 1.77. The molecule has 0 bridgehead atoms. The van der Waals surface area contributed by atoms with Crippen LogP contribution in [0.4, 0.5) is 0 Å². The molecule has 0 saturated carbocycles. The first-order chi connectivity index (χ1) is 10.4. The van der Waals surface area contributed by atoms with Crippen LogP contribution >= 0.6 is 0 Å². The molecular formula is C17H25N3O2. The molecule has 1 saturated heterocycles. The zero-order valence-corrected chi connectivity index (χ0v) is 13.6. The van der Waals surface area contributed by atoms with Crippen LogP contribution in [0.5, 0.6) is 0 Å². The summed E-state index contributed by atoms with van der Waals surface area (Å²) in [6, 6.07) is 7.22. The van der Waals surface area contributed by atoms with E-state index < -0.39 is 0 Å². The molecule has 5 nitrogen and oxygen atoms in total. The normalized spacial score (nSPS) is 22.1. The number of aryl methyl sites for hydroxylation is 1. The van der Waals surface area contributed by atoms with E-state index in [1.165, 1.54) is 6.42 Å². The summed E-state index contributed by atoms with van der Waals surface area (Å²) in [6.07, 6.45) is 1.21. The lowest BCUT2D eigenvalue weighted by molar-refractivity contribution is -0.123. The number of benzene rings is 1. The molecule has 0 aromatic heterocycles. The lowest BCUT2D eigenvalue weighted by atomic mass is 9.92. The topological polar surface area (TPSA) is 61.4 Å². The number of carbonyl (C=O) groups excluding carboxylic acids is 2. The summed E-state index contributed by atoms with van der Waals surface area (Å²) in [5.74, 6) is 0.743. The number of carbonyl (C=O) groups is 2. The van der Waals surface area contributed by atoms with E-state index in [0.717, 1.165) is 18.7 Å². The number of likely N-dealkylation sites (tertiary alicyclic amines) is 1. The predicted molar refractivity (Wildman–Crippen MR) is 86.2 cm³/mol. The molecule has 0 aliphatic carbocycles. The van der Waals surface area contributed by atoms with Crippen LogP contribution in [0, 0.1) is 18.8 Å². The number of nitrogens with zero attached hydrogens (tertiary/aromatic N) is 1. The van der Waals surface area contributed by atoms with Crippen molar-refractivity contribution in [1.82, 2.24) is 15.8 Å². The summed E-state index contributed by atoms with van der Waals surface area (Å²) < 4.78 is 0. The average Bonchev–Trinajstić information content (AvgIpc) is 2.44. The second kappa shape index (κ2) is 7.40. The van der Waals surface area contributed by atoms with Gasteiger partial charge in [0.05, 0.1) is 6.54 Å². The maximum absolute atomic E-state index is 11.9. The van der Waals surface area contributed by atoms with Gasteiger partial charge in [0.15, 0.2) is 0 Å². The fraction of sp³-hybridized carbons (Fsp3) is 0.529. The molecule has 1 heterocycles. The Bertz CT molecular complexity index is 517. The monoisotopic (exact) mass is 303 g/mol. The quantitative estimate of drug-likeness (QED) is 0.836. The van der Waals surface area contributed by atoms with Gasteiger partial charge >= 0.3 is 0 Å². The summed E-state index contributed by atoms with van der Waals surface area (Å²) in [5, 5.41) is 0. The molecule has 1 fully saturated rings. The molecule has 2 N–H and O–H groups in total. The van der Waals surface area contributed by atoms with Crippen molar-refractivity contribution in [3.05, 3.63) is 35.4 Å². The van der Waals surface area contributed by atoms with Crippen molar-refractivity contribution in [1.29, 1.82) is 0 Å². The third-order valence-electron chi connectivity index (χ3n) is 3.94. The van der Waals surface area contributed by atoms with Crippen molar-refractivity contribution in [3.8, 4) is 0 Å². The van der Waals surface area contributed by atoms with Crippen molar-refractivity contribution in [2.75, 3.05) is 19.6 Å². The standard InChI is InChI=1S/C17H25N3O2/c1-12-4-6-15(7-5-12)17(22)19-18-16(21)11-20-9-13(2)8-14(3)10-20/h4-7,13-14H,8-11H2,1-3H3,(H,18,21)(H,19,22)/t13-,14-/m1/s1. The van der Waals surface area contributed by atoms with Gasteiger partial charge in [-0.05, 0) is 37.3 Å². The molecule has 2 atom stereocenters. The van der Waals surface area contributed by atoms with Gasteiger partial charge in [-0.3, -0.25) is 25.3 Å². The fourth-order valence-electron chi connectivity index (χ4n) is 3.07. The van der Waals surface area contributed by atoms with Gasteiger partial charge in [-0.2, -0.15) is 0 Å². The number of rotatable bonds is 3. The Morgan fingerprint density at radius 1 is 1.09 bits per heavy atom. The Morgan fingerprint density at radius 2 is 1.68 bits per heavy atom. The van der Waals surface area contributed by atoms with E-state index in [1.807, 2.05) is 19.1 Å². The van der Waals surface area contributed by atoms with Gasteiger partial charge in [0.2, 0.25) is 0 Å². The SMILES string of the molecule is Cc1ccc(C(=O)NNC(=O)CN2C[C@H](C)C[C@@H](C)C2)cc1. The Labute approximate surface area is 132 Å².